The standard InChI is InChI=1S/C29H45N9O5/c1-3-4-5-8-14-38(26(41)17-35-28(43)23(36-19(2)39)12-9-13-33-29(31)32)18-25(40)37-24(27(30)42)15-20-16-34-22-11-7-6-10-21(20)22/h6-7,10-11,16,23-24,34H,3-5,8-9,12-15,17-18H2,1-2H3,(H2,30,42)(H,35,43)(H,36,39)(H,37,40)(H4,31,32,33)/t23-,24-/m0/s1. The van der Waals surface area contributed by atoms with Gasteiger partial charge in [-0.15, -0.1) is 0 Å². The minimum atomic E-state index is -0.985. The molecule has 5 amide bonds. The lowest BCUT2D eigenvalue weighted by Gasteiger charge is -2.24. The van der Waals surface area contributed by atoms with E-state index in [0.29, 0.717) is 19.4 Å². The van der Waals surface area contributed by atoms with Gasteiger partial charge in [0, 0.05) is 43.5 Å². The van der Waals surface area contributed by atoms with Crippen LogP contribution < -0.4 is 33.2 Å². The van der Waals surface area contributed by atoms with Gasteiger partial charge in [0.05, 0.1) is 13.1 Å². The molecule has 1 aromatic carbocycles. The Kier molecular flexibility index (Phi) is 14.5. The van der Waals surface area contributed by atoms with Crippen molar-refractivity contribution in [2.75, 3.05) is 26.2 Å². The molecule has 2 atom stereocenters. The van der Waals surface area contributed by atoms with Crippen LogP contribution in [0.1, 0.15) is 57.9 Å². The van der Waals surface area contributed by atoms with Crippen LogP contribution in [-0.4, -0.2) is 83.6 Å². The van der Waals surface area contributed by atoms with Crippen LogP contribution in [0.4, 0.5) is 0 Å². The molecule has 0 aliphatic carbocycles. The summed E-state index contributed by atoms with van der Waals surface area (Å²) in [6.45, 7) is 3.23. The number of guanidine groups is 1. The lowest BCUT2D eigenvalue weighted by atomic mass is 10.0. The third-order valence-electron chi connectivity index (χ3n) is 6.80. The van der Waals surface area contributed by atoms with Crippen molar-refractivity contribution < 1.29 is 24.0 Å². The van der Waals surface area contributed by atoms with Crippen LogP contribution in [0.15, 0.2) is 35.5 Å². The van der Waals surface area contributed by atoms with Crippen molar-refractivity contribution in [1.29, 1.82) is 0 Å². The predicted octanol–water partition coefficient (Wildman–Crippen LogP) is -0.236. The van der Waals surface area contributed by atoms with Gasteiger partial charge in [-0.2, -0.15) is 0 Å². The third kappa shape index (κ3) is 12.4. The van der Waals surface area contributed by atoms with Gasteiger partial charge in [0.25, 0.3) is 0 Å². The maximum Gasteiger partial charge on any atom is 0.243 e. The summed E-state index contributed by atoms with van der Waals surface area (Å²) >= 11 is 0. The van der Waals surface area contributed by atoms with Crippen molar-refractivity contribution in [1.82, 2.24) is 25.8 Å². The van der Waals surface area contributed by atoms with E-state index in [-0.39, 0.29) is 38.4 Å². The maximum absolute atomic E-state index is 13.2. The number of H-pyrrole nitrogens is 1. The second kappa shape index (κ2) is 18.0. The number of para-hydroxylation sites is 1. The van der Waals surface area contributed by atoms with Crippen molar-refractivity contribution in [3.05, 3.63) is 36.0 Å². The molecule has 0 saturated carbocycles. The van der Waals surface area contributed by atoms with E-state index in [2.05, 4.69) is 32.9 Å². The molecule has 1 aromatic heterocycles. The van der Waals surface area contributed by atoms with Crippen molar-refractivity contribution in [3.8, 4) is 0 Å². The Labute approximate surface area is 251 Å². The van der Waals surface area contributed by atoms with Gasteiger partial charge in [-0.25, -0.2) is 0 Å². The van der Waals surface area contributed by atoms with E-state index in [9.17, 15) is 24.0 Å². The van der Waals surface area contributed by atoms with Crippen molar-refractivity contribution >= 4 is 46.4 Å². The number of fused-ring (bicyclic) bond motifs is 1. The Balaban J connectivity index is 2.03. The molecule has 0 aliphatic rings. The summed E-state index contributed by atoms with van der Waals surface area (Å²) in [4.78, 5) is 71.2. The number of carbonyl (C=O) groups is 5. The number of nitrogens with two attached hydrogens (primary N) is 3. The highest BCUT2D eigenvalue weighted by Crippen LogP contribution is 2.19. The average Bonchev–Trinajstić information content (AvgIpc) is 3.36. The molecule has 2 rings (SSSR count). The fourth-order valence-corrected chi connectivity index (χ4v) is 4.59. The topological polar surface area (TPSA) is 231 Å². The van der Waals surface area contributed by atoms with Crippen LogP contribution in [0, 0.1) is 0 Å². The van der Waals surface area contributed by atoms with Crippen molar-refractivity contribution in [2.24, 2.45) is 22.2 Å². The molecule has 236 valence electrons. The first-order chi connectivity index (χ1) is 20.5. The molecule has 0 radical (unpaired) electrons. The Morgan fingerprint density at radius 3 is 2.40 bits per heavy atom. The molecule has 0 saturated heterocycles. The smallest absolute Gasteiger partial charge is 0.243 e. The normalized spacial score (nSPS) is 12.1. The van der Waals surface area contributed by atoms with E-state index >= 15 is 0 Å². The summed E-state index contributed by atoms with van der Waals surface area (Å²) in [7, 11) is 0. The molecular weight excluding hydrogens is 554 g/mol. The second-order valence-electron chi connectivity index (χ2n) is 10.4. The van der Waals surface area contributed by atoms with E-state index in [1.54, 1.807) is 6.20 Å². The number of hydrogen-bond donors (Lipinski definition) is 7. The zero-order valence-electron chi connectivity index (χ0n) is 25.0. The lowest BCUT2D eigenvalue weighted by Crippen LogP contribution is -2.52. The fourth-order valence-electron chi connectivity index (χ4n) is 4.59. The van der Waals surface area contributed by atoms with Gasteiger partial charge >= 0.3 is 0 Å². The molecule has 0 fully saturated rings. The van der Waals surface area contributed by atoms with Crippen LogP contribution in [0.5, 0.6) is 0 Å². The van der Waals surface area contributed by atoms with Gasteiger partial charge in [0.1, 0.15) is 12.1 Å². The van der Waals surface area contributed by atoms with Crippen LogP contribution >= 0.6 is 0 Å². The third-order valence-corrected chi connectivity index (χ3v) is 6.80. The molecule has 0 unspecified atom stereocenters. The molecule has 14 nitrogen and oxygen atoms in total. The molecule has 0 bridgehead atoms. The summed E-state index contributed by atoms with van der Waals surface area (Å²) in [6.07, 6.45) is 6.11. The number of aliphatic imine (C=N–C) groups is 1. The molecule has 2 aromatic rings. The maximum atomic E-state index is 13.2. The van der Waals surface area contributed by atoms with Gasteiger partial charge in [-0.3, -0.25) is 29.0 Å². The average molecular weight is 600 g/mol. The number of rotatable bonds is 19. The number of nitrogens with one attached hydrogen (secondary N) is 4. The summed E-state index contributed by atoms with van der Waals surface area (Å²) in [5, 5.41) is 8.70. The number of aromatic amines is 1. The first-order valence-electron chi connectivity index (χ1n) is 14.5. The highest BCUT2D eigenvalue weighted by Gasteiger charge is 2.25. The number of primary amides is 1. The molecule has 0 aliphatic heterocycles. The van der Waals surface area contributed by atoms with Gasteiger partial charge in [-0.1, -0.05) is 44.4 Å². The molecule has 1 heterocycles. The van der Waals surface area contributed by atoms with Gasteiger partial charge in [0.15, 0.2) is 5.96 Å². The van der Waals surface area contributed by atoms with E-state index in [1.165, 1.54) is 11.8 Å². The number of carbonyl (C=O) groups excluding carboxylic acids is 5. The Morgan fingerprint density at radius 1 is 0.977 bits per heavy atom. The minimum absolute atomic E-state index is 0.0747. The number of unbranched alkanes of at least 4 members (excludes halogenated alkanes) is 3. The van der Waals surface area contributed by atoms with Crippen LogP contribution in [0.2, 0.25) is 0 Å². The summed E-state index contributed by atoms with van der Waals surface area (Å²) in [5.41, 5.74) is 18.0. The highest BCUT2D eigenvalue weighted by molar-refractivity contribution is 5.93. The molecular formula is C29H45N9O5. The lowest BCUT2D eigenvalue weighted by molar-refractivity contribution is -0.137. The monoisotopic (exact) mass is 599 g/mol. The van der Waals surface area contributed by atoms with E-state index in [1.807, 2.05) is 24.3 Å². The number of amides is 5. The number of aromatic nitrogens is 1. The van der Waals surface area contributed by atoms with Crippen LogP contribution in [0.25, 0.3) is 10.9 Å². The van der Waals surface area contributed by atoms with Gasteiger partial charge < -0.3 is 43.0 Å². The van der Waals surface area contributed by atoms with Gasteiger partial charge in [-0.05, 0) is 30.9 Å². The molecule has 14 heteroatoms. The van der Waals surface area contributed by atoms with Crippen molar-refractivity contribution in [2.45, 2.75) is 70.9 Å². The van der Waals surface area contributed by atoms with E-state index in [4.69, 9.17) is 17.2 Å². The summed E-state index contributed by atoms with van der Waals surface area (Å²) < 4.78 is 0. The largest absolute Gasteiger partial charge is 0.370 e. The molecule has 0 spiro atoms. The zero-order valence-corrected chi connectivity index (χ0v) is 25.0. The summed E-state index contributed by atoms with van der Waals surface area (Å²) in [5.74, 6) is -2.75. The number of benzene rings is 1. The Morgan fingerprint density at radius 2 is 1.72 bits per heavy atom. The number of hydrogen-bond acceptors (Lipinski definition) is 6. The zero-order chi connectivity index (χ0) is 31.8. The second-order valence-corrected chi connectivity index (χ2v) is 10.4. The Hall–Kier alpha value is -4.62. The number of nitrogens with zero attached hydrogens (tertiary/aromatic N) is 2. The van der Waals surface area contributed by atoms with Crippen LogP contribution in [-0.2, 0) is 30.4 Å². The van der Waals surface area contributed by atoms with Crippen LogP contribution in [0.3, 0.4) is 0 Å². The SMILES string of the molecule is CCCCCCN(CC(=O)N[C@@H](Cc1c[nH]c2ccccc12)C(N)=O)C(=O)CNC(=O)[C@H](CCCN=C(N)N)NC(C)=O. The molecule has 10 N–H and O–H groups in total. The quantitative estimate of drug-likeness (QED) is 0.0650. The minimum Gasteiger partial charge on any atom is -0.370 e. The van der Waals surface area contributed by atoms with E-state index in [0.717, 1.165) is 35.7 Å². The van der Waals surface area contributed by atoms with E-state index < -0.39 is 41.6 Å². The highest BCUT2D eigenvalue weighted by atomic mass is 16.2. The van der Waals surface area contributed by atoms with Gasteiger partial charge in [0.2, 0.25) is 29.5 Å². The Bertz CT molecular complexity index is 1270. The fraction of sp³-hybridized carbons (Fsp3) is 0.517. The molecule has 43 heavy (non-hydrogen) atoms. The first kappa shape index (κ1) is 34.6. The summed E-state index contributed by atoms with van der Waals surface area (Å²) in [6, 6.07) is 5.71. The predicted molar refractivity (Wildman–Crippen MR) is 164 cm³/mol. The first-order valence-corrected chi connectivity index (χ1v) is 14.5. The van der Waals surface area contributed by atoms with Crippen molar-refractivity contribution in [3.63, 3.8) is 0 Å².